The van der Waals surface area contributed by atoms with Crippen molar-refractivity contribution < 1.29 is 23.5 Å². The van der Waals surface area contributed by atoms with Gasteiger partial charge in [-0.25, -0.2) is 4.79 Å². The average Bonchev–Trinajstić information content (AvgIpc) is 3.53. The van der Waals surface area contributed by atoms with Gasteiger partial charge >= 0.3 is 6.09 Å². The summed E-state index contributed by atoms with van der Waals surface area (Å²) in [6, 6.07) is 11.6. The van der Waals surface area contributed by atoms with E-state index >= 15 is 0 Å². The third kappa shape index (κ3) is 7.82. The van der Waals surface area contributed by atoms with Crippen LogP contribution in [0.3, 0.4) is 0 Å². The molecule has 2 heterocycles. The van der Waals surface area contributed by atoms with Crippen LogP contribution in [-0.4, -0.2) is 40.9 Å². The standard InChI is InChI=1S/C25H29N5O5S.C2H6/c1-25(2,3)34-24(31)26-12-17-13-27-30(15-17)14-16-9-20(33-5)22-21(10-16)35-28-23(22)29-36-19-8-6-7-18(11-19)32-4;1-2/h6-11,13,15H,12,14H2,1-5H3,(H,26,31)(H,28,29);1-2H3. The molecular weight excluding hydrogens is 506 g/mol. The van der Waals surface area contributed by atoms with E-state index in [9.17, 15) is 4.79 Å². The molecule has 4 aromatic rings. The molecule has 0 aliphatic heterocycles. The molecule has 4 rings (SSSR count). The highest BCUT2D eigenvalue weighted by Crippen LogP contribution is 2.36. The number of ether oxygens (including phenoxy) is 3. The average molecular weight is 542 g/mol. The summed E-state index contributed by atoms with van der Waals surface area (Å²) >= 11 is 1.40. The van der Waals surface area contributed by atoms with Crippen molar-refractivity contribution in [3.05, 3.63) is 59.9 Å². The van der Waals surface area contributed by atoms with Crippen LogP contribution in [-0.2, 0) is 17.8 Å². The van der Waals surface area contributed by atoms with Gasteiger partial charge in [0.1, 0.15) is 22.5 Å². The molecule has 0 fully saturated rings. The molecular formula is C27H35N5O5S. The number of amides is 1. The number of nitrogens with one attached hydrogen (secondary N) is 2. The molecule has 0 bridgehead atoms. The van der Waals surface area contributed by atoms with Crippen LogP contribution in [0.5, 0.6) is 11.5 Å². The lowest BCUT2D eigenvalue weighted by Gasteiger charge is -2.19. The Labute approximate surface area is 227 Å². The number of hydrogen-bond acceptors (Lipinski definition) is 9. The van der Waals surface area contributed by atoms with E-state index in [1.54, 1.807) is 25.1 Å². The number of fused-ring (bicyclic) bond motifs is 1. The second-order valence-electron chi connectivity index (χ2n) is 8.99. The lowest BCUT2D eigenvalue weighted by Crippen LogP contribution is -2.32. The van der Waals surface area contributed by atoms with Crippen molar-refractivity contribution >= 4 is 34.8 Å². The number of carbonyl (C=O) groups is 1. The molecule has 0 aliphatic carbocycles. The van der Waals surface area contributed by atoms with Crippen molar-refractivity contribution in [2.75, 3.05) is 18.9 Å². The van der Waals surface area contributed by atoms with Crippen LogP contribution in [0.2, 0.25) is 0 Å². The Balaban J connectivity index is 0.00000195. The quantitative estimate of drug-likeness (QED) is 0.237. The van der Waals surface area contributed by atoms with Crippen LogP contribution in [0.15, 0.2) is 58.2 Å². The summed E-state index contributed by atoms with van der Waals surface area (Å²) in [5.41, 5.74) is 1.83. The smallest absolute Gasteiger partial charge is 0.407 e. The van der Waals surface area contributed by atoms with E-state index in [1.807, 2.05) is 77.2 Å². The molecule has 0 atom stereocenters. The second kappa shape index (κ2) is 13.1. The van der Waals surface area contributed by atoms with Crippen LogP contribution in [0.1, 0.15) is 45.7 Å². The number of benzene rings is 2. The number of aromatic nitrogens is 3. The topological polar surface area (TPSA) is 113 Å². The summed E-state index contributed by atoms with van der Waals surface area (Å²) < 4.78 is 26.8. The summed E-state index contributed by atoms with van der Waals surface area (Å²) in [6.45, 7) is 10.3. The van der Waals surface area contributed by atoms with Gasteiger partial charge in [0.15, 0.2) is 11.4 Å². The highest BCUT2D eigenvalue weighted by Gasteiger charge is 2.17. The van der Waals surface area contributed by atoms with Gasteiger partial charge < -0.3 is 28.8 Å². The molecule has 0 saturated heterocycles. The maximum Gasteiger partial charge on any atom is 0.407 e. The molecule has 0 unspecified atom stereocenters. The predicted octanol–water partition coefficient (Wildman–Crippen LogP) is 6.26. The van der Waals surface area contributed by atoms with Crippen LogP contribution in [0, 0.1) is 0 Å². The third-order valence-electron chi connectivity index (χ3n) is 4.99. The monoisotopic (exact) mass is 541 g/mol. The number of rotatable bonds is 9. The van der Waals surface area contributed by atoms with E-state index in [-0.39, 0.29) is 0 Å². The SMILES string of the molecule is CC.COc1cccc(SNc2noc3cc(Cn4cc(CNC(=O)OC(C)(C)C)cn4)cc(OC)c23)c1. The van der Waals surface area contributed by atoms with Crippen LogP contribution in [0.4, 0.5) is 10.6 Å². The highest BCUT2D eigenvalue weighted by atomic mass is 32.2. The molecule has 38 heavy (non-hydrogen) atoms. The summed E-state index contributed by atoms with van der Waals surface area (Å²) in [4.78, 5) is 12.8. The molecule has 2 aromatic carbocycles. The van der Waals surface area contributed by atoms with E-state index in [4.69, 9.17) is 18.7 Å². The molecule has 11 heteroatoms. The Morgan fingerprint density at radius 1 is 1.11 bits per heavy atom. The molecule has 0 spiro atoms. The van der Waals surface area contributed by atoms with E-state index in [1.165, 1.54) is 11.9 Å². The minimum atomic E-state index is -0.546. The van der Waals surface area contributed by atoms with Crippen molar-refractivity contribution in [1.82, 2.24) is 20.3 Å². The fraction of sp³-hybridized carbons (Fsp3) is 0.370. The Morgan fingerprint density at radius 2 is 1.89 bits per heavy atom. The van der Waals surface area contributed by atoms with Crippen LogP contribution >= 0.6 is 11.9 Å². The Hall–Kier alpha value is -3.86. The van der Waals surface area contributed by atoms with Crippen LogP contribution < -0.4 is 19.5 Å². The zero-order valence-corrected chi connectivity index (χ0v) is 23.6. The molecule has 0 aliphatic rings. The lowest BCUT2D eigenvalue weighted by molar-refractivity contribution is 0.0523. The van der Waals surface area contributed by atoms with Crippen molar-refractivity contribution in [3.63, 3.8) is 0 Å². The maximum absolute atomic E-state index is 11.9. The largest absolute Gasteiger partial charge is 0.497 e. The number of anilines is 1. The van der Waals surface area contributed by atoms with Gasteiger partial charge in [-0.15, -0.1) is 0 Å². The number of alkyl carbamates (subject to hydrolysis) is 1. The van der Waals surface area contributed by atoms with E-state index in [2.05, 4.69) is 20.3 Å². The van der Waals surface area contributed by atoms with E-state index in [0.29, 0.717) is 30.2 Å². The van der Waals surface area contributed by atoms with E-state index in [0.717, 1.165) is 27.2 Å². The molecule has 10 nitrogen and oxygen atoms in total. The fourth-order valence-electron chi connectivity index (χ4n) is 3.44. The van der Waals surface area contributed by atoms with Gasteiger partial charge in [-0.1, -0.05) is 25.1 Å². The zero-order chi connectivity index (χ0) is 27.7. The van der Waals surface area contributed by atoms with Crippen molar-refractivity contribution in [3.8, 4) is 11.5 Å². The van der Waals surface area contributed by atoms with Crippen molar-refractivity contribution in [2.24, 2.45) is 0 Å². The maximum atomic E-state index is 11.9. The zero-order valence-electron chi connectivity index (χ0n) is 22.8. The molecule has 204 valence electrons. The summed E-state index contributed by atoms with van der Waals surface area (Å²) in [5, 5.41) is 12.1. The summed E-state index contributed by atoms with van der Waals surface area (Å²) in [7, 11) is 3.24. The van der Waals surface area contributed by atoms with Gasteiger partial charge in [-0.05, 0) is 68.6 Å². The Morgan fingerprint density at radius 3 is 2.61 bits per heavy atom. The van der Waals surface area contributed by atoms with Crippen molar-refractivity contribution in [1.29, 1.82) is 0 Å². The first-order chi connectivity index (χ1) is 18.2. The first kappa shape index (κ1) is 28.7. The van der Waals surface area contributed by atoms with E-state index < -0.39 is 11.7 Å². The first-order valence-electron chi connectivity index (χ1n) is 12.3. The third-order valence-corrected chi connectivity index (χ3v) is 5.78. The Bertz CT molecular complexity index is 1350. The van der Waals surface area contributed by atoms with Gasteiger partial charge in [-0.2, -0.15) is 5.10 Å². The lowest BCUT2D eigenvalue weighted by atomic mass is 10.1. The van der Waals surface area contributed by atoms with Gasteiger partial charge in [0, 0.05) is 23.2 Å². The number of methoxy groups -OCH3 is 2. The normalized spacial score (nSPS) is 10.9. The molecule has 0 radical (unpaired) electrons. The van der Waals surface area contributed by atoms with Gasteiger partial charge in [0.05, 0.1) is 27.0 Å². The first-order valence-corrected chi connectivity index (χ1v) is 13.1. The molecule has 1 amide bonds. The number of hydrogen-bond donors (Lipinski definition) is 2. The van der Waals surface area contributed by atoms with Gasteiger partial charge in [-0.3, -0.25) is 4.68 Å². The summed E-state index contributed by atoms with van der Waals surface area (Å²) in [6.07, 6.45) is 3.11. The Kier molecular flexibility index (Phi) is 9.89. The number of nitrogens with zero attached hydrogens (tertiary/aromatic N) is 3. The summed E-state index contributed by atoms with van der Waals surface area (Å²) in [5.74, 6) is 1.98. The van der Waals surface area contributed by atoms with Crippen molar-refractivity contribution in [2.45, 2.75) is 58.2 Å². The number of carbonyl (C=O) groups excluding carboxylic acids is 1. The minimum absolute atomic E-state index is 0.319. The second-order valence-corrected chi connectivity index (χ2v) is 9.87. The predicted molar refractivity (Wildman–Crippen MR) is 149 cm³/mol. The highest BCUT2D eigenvalue weighted by molar-refractivity contribution is 8.00. The molecule has 0 saturated carbocycles. The van der Waals surface area contributed by atoms with Gasteiger partial charge in [0.2, 0.25) is 0 Å². The molecule has 2 N–H and O–H groups in total. The van der Waals surface area contributed by atoms with Gasteiger partial charge in [0.25, 0.3) is 0 Å². The minimum Gasteiger partial charge on any atom is -0.497 e. The van der Waals surface area contributed by atoms with Crippen LogP contribution in [0.25, 0.3) is 11.0 Å². The fourth-order valence-corrected chi connectivity index (χ4v) is 4.12. The molecule has 2 aromatic heterocycles.